The van der Waals surface area contributed by atoms with Gasteiger partial charge in [-0.3, -0.25) is 0 Å². The van der Waals surface area contributed by atoms with Gasteiger partial charge in [-0.15, -0.1) is 0 Å². The van der Waals surface area contributed by atoms with E-state index in [1.807, 2.05) is 0 Å². The highest BCUT2D eigenvalue weighted by Crippen LogP contribution is 2.26. The number of likely N-dealkylation sites (tertiary alicyclic amines) is 1. The Kier molecular flexibility index (Phi) is 2.98. The molecule has 1 aliphatic heterocycles. The van der Waals surface area contributed by atoms with E-state index in [2.05, 4.69) is 48.4 Å². The van der Waals surface area contributed by atoms with Gasteiger partial charge >= 0.3 is 0 Å². The summed E-state index contributed by atoms with van der Waals surface area (Å²) in [4.78, 5) is 2.46. The molecule has 0 aromatic rings. The lowest BCUT2D eigenvalue weighted by atomic mass is 9.94. The first-order chi connectivity index (χ1) is 4.61. The van der Waals surface area contributed by atoms with E-state index < -0.39 is 0 Å². The number of rotatable bonds is 0. The molecule has 10 heavy (non-hydrogen) atoms. The van der Waals surface area contributed by atoms with E-state index in [9.17, 15) is 0 Å². The number of nitrogens with zero attached hydrogens (tertiary/aromatic N) is 1. The van der Waals surface area contributed by atoms with Crippen molar-refractivity contribution in [2.45, 2.75) is 30.2 Å². The van der Waals surface area contributed by atoms with E-state index >= 15 is 0 Å². The molecule has 60 valence electrons. The standard InChI is InChI=1S/C8H16IN/c1-6-4-7(2)10(3)5-8(6)9/h6-8H,4-5H2,1-3H3. The third-order valence-corrected chi connectivity index (χ3v) is 4.17. The first-order valence-corrected chi connectivity index (χ1v) is 5.20. The maximum atomic E-state index is 2.57. The van der Waals surface area contributed by atoms with Gasteiger partial charge in [0.15, 0.2) is 0 Å². The minimum atomic E-state index is 0.793. The van der Waals surface area contributed by atoms with Crippen molar-refractivity contribution in [3.63, 3.8) is 0 Å². The summed E-state index contributed by atoms with van der Waals surface area (Å²) in [5.41, 5.74) is 0. The summed E-state index contributed by atoms with van der Waals surface area (Å²) in [6, 6.07) is 0.793. The molecule has 1 heterocycles. The van der Waals surface area contributed by atoms with E-state index in [1.165, 1.54) is 13.0 Å². The zero-order chi connectivity index (χ0) is 7.72. The Balaban J connectivity index is 2.46. The lowest BCUT2D eigenvalue weighted by Gasteiger charge is -2.37. The van der Waals surface area contributed by atoms with Crippen LogP contribution in [0.4, 0.5) is 0 Å². The largest absolute Gasteiger partial charge is 0.303 e. The van der Waals surface area contributed by atoms with Crippen molar-refractivity contribution >= 4 is 22.6 Å². The van der Waals surface area contributed by atoms with E-state index in [4.69, 9.17) is 0 Å². The van der Waals surface area contributed by atoms with E-state index in [1.54, 1.807) is 0 Å². The topological polar surface area (TPSA) is 3.24 Å². The normalized spacial score (nSPS) is 43.8. The van der Waals surface area contributed by atoms with Crippen LogP contribution in [0.1, 0.15) is 20.3 Å². The van der Waals surface area contributed by atoms with Crippen LogP contribution in [0.2, 0.25) is 0 Å². The van der Waals surface area contributed by atoms with Gasteiger partial charge in [0, 0.05) is 16.5 Å². The highest BCUT2D eigenvalue weighted by Gasteiger charge is 2.26. The van der Waals surface area contributed by atoms with Gasteiger partial charge in [-0.1, -0.05) is 29.5 Å². The second-order valence-electron chi connectivity index (χ2n) is 3.52. The highest BCUT2D eigenvalue weighted by molar-refractivity contribution is 14.1. The van der Waals surface area contributed by atoms with Gasteiger partial charge in [0.1, 0.15) is 0 Å². The van der Waals surface area contributed by atoms with Gasteiger partial charge in [0.2, 0.25) is 0 Å². The Labute approximate surface area is 77.3 Å². The van der Waals surface area contributed by atoms with E-state index in [0.29, 0.717) is 0 Å². The lowest BCUT2D eigenvalue weighted by Crippen LogP contribution is -2.43. The Bertz CT molecular complexity index is 89.8. The predicted octanol–water partition coefficient (Wildman–Crippen LogP) is 2.15. The second kappa shape index (κ2) is 3.39. The molecule has 0 amide bonds. The third kappa shape index (κ3) is 1.84. The van der Waals surface area contributed by atoms with Gasteiger partial charge < -0.3 is 4.90 Å². The van der Waals surface area contributed by atoms with Gasteiger partial charge in [-0.25, -0.2) is 0 Å². The van der Waals surface area contributed by atoms with Gasteiger partial charge in [0.05, 0.1) is 0 Å². The monoisotopic (exact) mass is 253 g/mol. The van der Waals surface area contributed by atoms with Gasteiger partial charge in [-0.2, -0.15) is 0 Å². The molecule has 0 aromatic heterocycles. The number of piperidine rings is 1. The fraction of sp³-hybridized carbons (Fsp3) is 1.00. The Morgan fingerprint density at radius 2 is 2.00 bits per heavy atom. The molecular weight excluding hydrogens is 237 g/mol. The van der Waals surface area contributed by atoms with Crippen LogP contribution in [0, 0.1) is 5.92 Å². The lowest BCUT2D eigenvalue weighted by molar-refractivity contribution is 0.173. The molecule has 1 saturated heterocycles. The van der Waals surface area contributed by atoms with Crippen molar-refractivity contribution < 1.29 is 0 Å². The average Bonchev–Trinajstić information content (AvgIpc) is 1.84. The van der Waals surface area contributed by atoms with Crippen molar-refractivity contribution in [3.05, 3.63) is 0 Å². The molecule has 0 N–H and O–H groups in total. The van der Waals surface area contributed by atoms with Crippen molar-refractivity contribution in [2.24, 2.45) is 5.92 Å². The number of hydrogen-bond donors (Lipinski definition) is 0. The summed E-state index contributed by atoms with van der Waals surface area (Å²) in [5.74, 6) is 0.909. The maximum Gasteiger partial charge on any atom is 0.0263 e. The van der Waals surface area contributed by atoms with Crippen LogP contribution >= 0.6 is 22.6 Å². The maximum absolute atomic E-state index is 2.57. The molecule has 1 fully saturated rings. The smallest absolute Gasteiger partial charge is 0.0263 e. The van der Waals surface area contributed by atoms with Crippen molar-refractivity contribution in [3.8, 4) is 0 Å². The predicted molar refractivity (Wildman–Crippen MR) is 53.7 cm³/mol. The second-order valence-corrected chi connectivity index (χ2v) is 5.12. The first kappa shape index (κ1) is 8.78. The highest BCUT2D eigenvalue weighted by atomic mass is 127. The molecule has 0 bridgehead atoms. The van der Waals surface area contributed by atoms with Crippen LogP contribution in [0.5, 0.6) is 0 Å². The Morgan fingerprint density at radius 3 is 2.50 bits per heavy atom. The molecule has 1 rings (SSSR count). The fourth-order valence-electron chi connectivity index (χ4n) is 1.50. The van der Waals surface area contributed by atoms with Gasteiger partial charge in [-0.05, 0) is 26.3 Å². The molecule has 2 heteroatoms. The summed E-state index contributed by atoms with van der Waals surface area (Å²) < 4.78 is 0.860. The van der Waals surface area contributed by atoms with Crippen LogP contribution in [-0.2, 0) is 0 Å². The van der Waals surface area contributed by atoms with Crippen molar-refractivity contribution in [1.29, 1.82) is 0 Å². The first-order valence-electron chi connectivity index (χ1n) is 3.95. The van der Waals surface area contributed by atoms with Crippen molar-refractivity contribution in [2.75, 3.05) is 13.6 Å². The molecule has 0 aromatic carbocycles. The molecule has 0 saturated carbocycles. The number of alkyl halides is 1. The summed E-state index contributed by atoms with van der Waals surface area (Å²) in [6.07, 6.45) is 1.37. The molecule has 1 nitrogen and oxygen atoms in total. The van der Waals surface area contributed by atoms with Crippen LogP contribution in [0.25, 0.3) is 0 Å². The summed E-state index contributed by atoms with van der Waals surface area (Å²) in [6.45, 7) is 5.95. The van der Waals surface area contributed by atoms with Crippen LogP contribution in [0.15, 0.2) is 0 Å². The molecule has 3 unspecified atom stereocenters. The number of hydrogen-bond acceptors (Lipinski definition) is 1. The summed E-state index contributed by atoms with van der Waals surface area (Å²) in [5, 5.41) is 0. The van der Waals surface area contributed by atoms with Gasteiger partial charge in [0.25, 0.3) is 0 Å². The molecule has 0 aliphatic carbocycles. The fourth-order valence-corrected chi connectivity index (χ4v) is 2.42. The summed E-state index contributed by atoms with van der Waals surface area (Å²) >= 11 is 2.57. The van der Waals surface area contributed by atoms with E-state index in [0.717, 1.165) is 15.9 Å². The van der Waals surface area contributed by atoms with Crippen LogP contribution in [-0.4, -0.2) is 28.5 Å². The zero-order valence-electron chi connectivity index (χ0n) is 6.97. The molecule has 1 aliphatic rings. The molecule has 3 atom stereocenters. The van der Waals surface area contributed by atoms with Crippen LogP contribution in [0.3, 0.4) is 0 Å². The molecule has 0 spiro atoms. The zero-order valence-corrected chi connectivity index (χ0v) is 9.13. The number of halogens is 1. The summed E-state index contributed by atoms with van der Waals surface area (Å²) in [7, 11) is 2.22. The average molecular weight is 253 g/mol. The van der Waals surface area contributed by atoms with E-state index in [-0.39, 0.29) is 0 Å². The third-order valence-electron chi connectivity index (χ3n) is 2.55. The Morgan fingerprint density at radius 1 is 1.40 bits per heavy atom. The minimum absolute atomic E-state index is 0.793. The molecular formula is C8H16IN. The SMILES string of the molecule is CC1CC(C)N(C)CC1I. The minimum Gasteiger partial charge on any atom is -0.303 e. The van der Waals surface area contributed by atoms with Crippen LogP contribution < -0.4 is 0 Å². The Hall–Kier alpha value is 0.690. The van der Waals surface area contributed by atoms with Crippen molar-refractivity contribution in [1.82, 2.24) is 4.90 Å². The quantitative estimate of drug-likeness (QED) is 0.472. The molecule has 0 radical (unpaired) electrons.